The molecule has 26 heavy (non-hydrogen) atoms. The maximum Gasteiger partial charge on any atom is 0.322 e. The maximum absolute atomic E-state index is 13.2. The number of nitrogens with one attached hydrogen (secondary N) is 3. The Kier molecular flexibility index (Phi) is 4.15. The molecule has 2 aromatic rings. The van der Waals surface area contributed by atoms with Crippen molar-refractivity contribution in [1.82, 2.24) is 10.6 Å². The standard InChI is InChI=1S/C16H13F2N3O4S/c1-16(14(22)19-15(23)20-16)9-2-4-10(5-3-9)21-26(24,25)11-6-7-12(17)13(18)8-11/h2-8,21H,1H3,(H2,19,20,22,23). The second-order valence-electron chi connectivity index (χ2n) is 5.79. The van der Waals surface area contributed by atoms with Gasteiger partial charge in [-0.05, 0) is 42.8 Å². The molecule has 0 spiro atoms. The number of imide groups is 1. The van der Waals surface area contributed by atoms with Gasteiger partial charge in [0.05, 0.1) is 4.90 Å². The van der Waals surface area contributed by atoms with Crippen molar-refractivity contribution in [3.8, 4) is 0 Å². The van der Waals surface area contributed by atoms with Gasteiger partial charge in [0.2, 0.25) is 0 Å². The molecule has 1 atom stereocenters. The second-order valence-corrected chi connectivity index (χ2v) is 7.47. The van der Waals surface area contributed by atoms with E-state index in [1.54, 1.807) is 0 Å². The van der Waals surface area contributed by atoms with Gasteiger partial charge in [0, 0.05) is 5.69 Å². The van der Waals surface area contributed by atoms with Gasteiger partial charge in [-0.1, -0.05) is 12.1 Å². The fourth-order valence-corrected chi connectivity index (χ4v) is 3.55. The zero-order chi connectivity index (χ0) is 19.1. The Morgan fingerprint density at radius 1 is 1.00 bits per heavy atom. The van der Waals surface area contributed by atoms with E-state index in [0.29, 0.717) is 11.6 Å². The number of benzene rings is 2. The maximum atomic E-state index is 13.2. The molecule has 0 aliphatic carbocycles. The predicted molar refractivity (Wildman–Crippen MR) is 87.6 cm³/mol. The molecule has 0 bridgehead atoms. The average Bonchev–Trinajstić information content (AvgIpc) is 2.83. The monoisotopic (exact) mass is 381 g/mol. The highest BCUT2D eigenvalue weighted by Crippen LogP contribution is 2.26. The summed E-state index contributed by atoms with van der Waals surface area (Å²) in [7, 11) is -4.12. The third-order valence-electron chi connectivity index (χ3n) is 3.96. The number of hydrogen-bond donors (Lipinski definition) is 3. The van der Waals surface area contributed by atoms with E-state index in [0.717, 1.165) is 12.1 Å². The fourth-order valence-electron chi connectivity index (χ4n) is 2.48. The highest BCUT2D eigenvalue weighted by molar-refractivity contribution is 7.92. The molecule has 1 aliphatic rings. The van der Waals surface area contributed by atoms with E-state index in [1.165, 1.54) is 31.2 Å². The molecule has 3 amide bonds. The lowest BCUT2D eigenvalue weighted by Gasteiger charge is -2.21. The SMILES string of the molecule is CC1(c2ccc(NS(=O)(=O)c3ccc(F)c(F)c3)cc2)NC(=O)NC1=O. The summed E-state index contributed by atoms with van der Waals surface area (Å²) in [6.45, 7) is 1.51. The second kappa shape index (κ2) is 6.06. The number of sulfonamides is 1. The van der Waals surface area contributed by atoms with Crippen molar-refractivity contribution in [1.29, 1.82) is 0 Å². The van der Waals surface area contributed by atoms with Crippen LogP contribution >= 0.6 is 0 Å². The molecule has 0 radical (unpaired) electrons. The molecule has 10 heteroatoms. The summed E-state index contributed by atoms with van der Waals surface area (Å²) in [5, 5.41) is 4.61. The largest absolute Gasteiger partial charge is 0.322 e. The van der Waals surface area contributed by atoms with Crippen LogP contribution in [0.2, 0.25) is 0 Å². The molecular weight excluding hydrogens is 368 g/mol. The molecular formula is C16H13F2N3O4S. The fraction of sp³-hybridized carbons (Fsp3) is 0.125. The van der Waals surface area contributed by atoms with Crippen molar-refractivity contribution < 1.29 is 26.8 Å². The smallest absolute Gasteiger partial charge is 0.320 e. The Morgan fingerprint density at radius 2 is 1.65 bits per heavy atom. The Balaban J connectivity index is 1.84. The number of carbonyl (C=O) groups excluding carboxylic acids is 2. The van der Waals surface area contributed by atoms with Crippen LogP contribution in [0.25, 0.3) is 0 Å². The molecule has 3 N–H and O–H groups in total. The summed E-state index contributed by atoms with van der Waals surface area (Å²) in [6, 6.07) is 7.31. The van der Waals surface area contributed by atoms with E-state index in [-0.39, 0.29) is 5.69 Å². The van der Waals surface area contributed by atoms with Gasteiger partial charge in [-0.2, -0.15) is 0 Å². The average molecular weight is 381 g/mol. The van der Waals surface area contributed by atoms with Crippen LogP contribution in [0.1, 0.15) is 12.5 Å². The lowest BCUT2D eigenvalue weighted by atomic mass is 9.92. The first-order valence-corrected chi connectivity index (χ1v) is 8.82. The van der Waals surface area contributed by atoms with Gasteiger partial charge >= 0.3 is 6.03 Å². The van der Waals surface area contributed by atoms with Crippen molar-refractivity contribution >= 4 is 27.6 Å². The molecule has 136 valence electrons. The van der Waals surface area contributed by atoms with Crippen LogP contribution in [0.3, 0.4) is 0 Å². The number of rotatable bonds is 4. The molecule has 1 fully saturated rings. The third kappa shape index (κ3) is 3.10. The van der Waals surface area contributed by atoms with Crippen LogP contribution in [-0.4, -0.2) is 20.4 Å². The molecule has 2 aromatic carbocycles. The van der Waals surface area contributed by atoms with Crippen molar-refractivity contribution in [2.45, 2.75) is 17.4 Å². The molecule has 0 aromatic heterocycles. The number of carbonyl (C=O) groups is 2. The minimum atomic E-state index is -4.12. The molecule has 3 rings (SSSR count). The van der Waals surface area contributed by atoms with Crippen molar-refractivity contribution in [2.24, 2.45) is 0 Å². The van der Waals surface area contributed by atoms with E-state index in [1.807, 2.05) is 0 Å². The minimum Gasteiger partial charge on any atom is -0.320 e. The van der Waals surface area contributed by atoms with Gasteiger partial charge in [-0.25, -0.2) is 22.0 Å². The molecule has 1 heterocycles. The van der Waals surface area contributed by atoms with Gasteiger partial charge in [-0.15, -0.1) is 0 Å². The van der Waals surface area contributed by atoms with Gasteiger partial charge < -0.3 is 5.32 Å². The minimum absolute atomic E-state index is 0.145. The van der Waals surface area contributed by atoms with Crippen LogP contribution in [0.15, 0.2) is 47.4 Å². The number of anilines is 1. The van der Waals surface area contributed by atoms with E-state index < -0.39 is 44.0 Å². The molecule has 1 unspecified atom stereocenters. The Morgan fingerprint density at radius 3 is 2.19 bits per heavy atom. The number of amides is 3. The lowest BCUT2D eigenvalue weighted by molar-refractivity contribution is -0.123. The molecule has 1 aliphatic heterocycles. The van der Waals surface area contributed by atoms with Crippen LogP contribution < -0.4 is 15.4 Å². The zero-order valence-corrected chi connectivity index (χ0v) is 14.2. The number of halogens is 2. The lowest BCUT2D eigenvalue weighted by Crippen LogP contribution is -2.40. The van der Waals surface area contributed by atoms with E-state index in [2.05, 4.69) is 15.4 Å². The van der Waals surface area contributed by atoms with Crippen LogP contribution in [0, 0.1) is 11.6 Å². The summed E-state index contributed by atoms with van der Waals surface area (Å²) in [6.07, 6.45) is 0. The highest BCUT2D eigenvalue weighted by atomic mass is 32.2. The molecule has 1 saturated heterocycles. The van der Waals surface area contributed by atoms with E-state index >= 15 is 0 Å². The van der Waals surface area contributed by atoms with Crippen molar-refractivity contribution in [3.63, 3.8) is 0 Å². The summed E-state index contributed by atoms with van der Waals surface area (Å²) >= 11 is 0. The highest BCUT2D eigenvalue weighted by Gasteiger charge is 2.43. The van der Waals surface area contributed by atoms with Gasteiger partial charge in [0.25, 0.3) is 15.9 Å². The topological polar surface area (TPSA) is 104 Å². The third-order valence-corrected chi connectivity index (χ3v) is 5.34. The van der Waals surface area contributed by atoms with Gasteiger partial charge in [-0.3, -0.25) is 14.8 Å². The normalized spacial score (nSPS) is 19.8. The number of hydrogen-bond acceptors (Lipinski definition) is 4. The van der Waals surface area contributed by atoms with Crippen molar-refractivity contribution in [2.75, 3.05) is 4.72 Å². The number of urea groups is 1. The summed E-state index contributed by atoms with van der Waals surface area (Å²) in [5.74, 6) is -2.96. The summed E-state index contributed by atoms with van der Waals surface area (Å²) < 4.78 is 52.9. The first kappa shape index (κ1) is 17.8. The van der Waals surface area contributed by atoms with Gasteiger partial charge in [0.1, 0.15) is 5.54 Å². The zero-order valence-electron chi connectivity index (χ0n) is 13.3. The van der Waals surface area contributed by atoms with Crippen molar-refractivity contribution in [3.05, 3.63) is 59.7 Å². The first-order chi connectivity index (χ1) is 12.1. The Hall–Kier alpha value is -3.01. The quantitative estimate of drug-likeness (QED) is 0.703. The van der Waals surface area contributed by atoms with Crippen LogP contribution in [0.4, 0.5) is 19.3 Å². The predicted octanol–water partition coefficient (Wildman–Crippen LogP) is 1.82. The molecule has 7 nitrogen and oxygen atoms in total. The Bertz CT molecular complexity index is 1010. The Labute approximate surface area is 147 Å². The van der Waals surface area contributed by atoms with E-state index in [4.69, 9.17) is 0 Å². The van der Waals surface area contributed by atoms with Crippen LogP contribution in [0.5, 0.6) is 0 Å². The molecule has 0 saturated carbocycles. The van der Waals surface area contributed by atoms with Gasteiger partial charge in [0.15, 0.2) is 11.6 Å². The van der Waals surface area contributed by atoms with Crippen LogP contribution in [-0.2, 0) is 20.4 Å². The summed E-state index contributed by atoms with van der Waals surface area (Å²) in [4.78, 5) is 22.8. The van der Waals surface area contributed by atoms with E-state index in [9.17, 15) is 26.8 Å². The first-order valence-electron chi connectivity index (χ1n) is 7.34. The summed E-state index contributed by atoms with van der Waals surface area (Å²) in [5.41, 5.74) is -0.683.